The van der Waals surface area contributed by atoms with Gasteiger partial charge >= 0.3 is 0 Å². The summed E-state index contributed by atoms with van der Waals surface area (Å²) < 4.78 is 30.9. The minimum absolute atomic E-state index is 0.111. The third-order valence-corrected chi connectivity index (χ3v) is 6.48. The molecular formula is C17H19ClN2O4S. The second-order valence-corrected chi connectivity index (χ2v) is 8.80. The number of carbonyl (C=O) groups is 1. The van der Waals surface area contributed by atoms with Crippen LogP contribution in [0.2, 0.25) is 5.15 Å². The van der Waals surface area contributed by atoms with E-state index >= 15 is 0 Å². The highest BCUT2D eigenvalue weighted by molar-refractivity contribution is 7.91. The van der Waals surface area contributed by atoms with Gasteiger partial charge in [0.2, 0.25) is 5.78 Å². The molecule has 0 radical (unpaired) electrons. The van der Waals surface area contributed by atoms with Crippen LogP contribution in [0.1, 0.15) is 34.2 Å². The van der Waals surface area contributed by atoms with Gasteiger partial charge in [0.15, 0.2) is 27.3 Å². The number of rotatable bonds is 5. The zero-order valence-corrected chi connectivity index (χ0v) is 15.6. The van der Waals surface area contributed by atoms with Gasteiger partial charge in [0.05, 0.1) is 11.5 Å². The number of ether oxygens (including phenoxy) is 1. The molecule has 8 heteroatoms. The highest BCUT2D eigenvalue weighted by atomic mass is 35.5. The number of aromatic nitrogens is 2. The molecule has 1 fully saturated rings. The highest BCUT2D eigenvalue weighted by Gasteiger charge is 2.31. The summed E-state index contributed by atoms with van der Waals surface area (Å²) in [6.45, 7) is 3.56. The van der Waals surface area contributed by atoms with E-state index < -0.39 is 9.84 Å². The monoisotopic (exact) mass is 382 g/mol. The number of hydrogen-bond donors (Lipinski definition) is 0. The lowest BCUT2D eigenvalue weighted by atomic mass is 10.1. The maximum atomic E-state index is 12.5. The normalized spacial score (nSPS) is 19.1. The SMILES string of the molecule is Cc1cc(C(=O)COc2cccnc2Cl)c(C)n1C1CCS(=O)(=O)C1. The predicted octanol–water partition coefficient (Wildman–Crippen LogP) is 2.77. The molecule has 1 aliphatic heterocycles. The molecule has 134 valence electrons. The van der Waals surface area contributed by atoms with Crippen LogP contribution in [0.15, 0.2) is 24.4 Å². The third-order valence-electron chi connectivity index (χ3n) is 4.44. The first-order valence-corrected chi connectivity index (χ1v) is 10.1. The van der Waals surface area contributed by atoms with Gasteiger partial charge in [-0.2, -0.15) is 0 Å². The number of ketones is 1. The van der Waals surface area contributed by atoms with Crippen molar-refractivity contribution in [1.82, 2.24) is 9.55 Å². The number of carbonyl (C=O) groups excluding carboxylic acids is 1. The van der Waals surface area contributed by atoms with Crippen molar-refractivity contribution in [3.8, 4) is 5.75 Å². The Morgan fingerprint density at radius 2 is 2.20 bits per heavy atom. The Balaban J connectivity index is 1.78. The molecule has 1 unspecified atom stereocenters. The van der Waals surface area contributed by atoms with E-state index in [9.17, 15) is 13.2 Å². The van der Waals surface area contributed by atoms with Gasteiger partial charge in [-0.3, -0.25) is 4.79 Å². The van der Waals surface area contributed by atoms with Gasteiger partial charge in [0.25, 0.3) is 0 Å². The van der Waals surface area contributed by atoms with Crippen LogP contribution >= 0.6 is 11.6 Å². The third kappa shape index (κ3) is 3.72. The summed E-state index contributed by atoms with van der Waals surface area (Å²) >= 11 is 5.92. The minimum atomic E-state index is -2.99. The molecular weight excluding hydrogens is 364 g/mol. The smallest absolute Gasteiger partial charge is 0.202 e. The Kier molecular flexibility index (Phi) is 4.88. The fourth-order valence-electron chi connectivity index (χ4n) is 3.30. The average Bonchev–Trinajstić information content (AvgIpc) is 3.05. The van der Waals surface area contributed by atoms with Gasteiger partial charge in [0, 0.05) is 29.2 Å². The molecule has 1 atom stereocenters. The van der Waals surface area contributed by atoms with Crippen molar-refractivity contribution in [1.29, 1.82) is 0 Å². The minimum Gasteiger partial charge on any atom is -0.482 e. The number of hydrogen-bond acceptors (Lipinski definition) is 5. The van der Waals surface area contributed by atoms with Crippen LogP contribution in [0.5, 0.6) is 5.75 Å². The van der Waals surface area contributed by atoms with E-state index in [1.54, 1.807) is 24.4 Å². The van der Waals surface area contributed by atoms with Crippen LogP contribution in [0.3, 0.4) is 0 Å². The van der Waals surface area contributed by atoms with Gasteiger partial charge in [-0.15, -0.1) is 0 Å². The highest BCUT2D eigenvalue weighted by Crippen LogP contribution is 2.29. The van der Waals surface area contributed by atoms with Crippen molar-refractivity contribution in [3.63, 3.8) is 0 Å². The number of nitrogens with zero attached hydrogens (tertiary/aromatic N) is 2. The lowest BCUT2D eigenvalue weighted by molar-refractivity contribution is 0.0920. The van der Waals surface area contributed by atoms with Crippen LogP contribution in [0, 0.1) is 13.8 Å². The largest absolute Gasteiger partial charge is 0.482 e. The van der Waals surface area contributed by atoms with E-state index in [4.69, 9.17) is 16.3 Å². The fourth-order valence-corrected chi connectivity index (χ4v) is 5.17. The molecule has 1 aliphatic rings. The van der Waals surface area contributed by atoms with Gasteiger partial charge in [-0.05, 0) is 38.5 Å². The molecule has 0 aromatic carbocycles. The van der Waals surface area contributed by atoms with Crippen molar-refractivity contribution >= 4 is 27.2 Å². The number of pyridine rings is 1. The fraction of sp³-hybridized carbons (Fsp3) is 0.412. The summed E-state index contributed by atoms with van der Waals surface area (Å²) in [5, 5.41) is 0.205. The molecule has 1 saturated heterocycles. The Morgan fingerprint density at radius 3 is 2.84 bits per heavy atom. The topological polar surface area (TPSA) is 78.3 Å². The first-order valence-electron chi connectivity index (χ1n) is 7.94. The Morgan fingerprint density at radius 1 is 1.44 bits per heavy atom. The zero-order chi connectivity index (χ0) is 18.2. The van der Waals surface area contributed by atoms with E-state index in [0.717, 1.165) is 11.4 Å². The zero-order valence-electron chi connectivity index (χ0n) is 14.0. The van der Waals surface area contributed by atoms with Crippen LogP contribution in [0.25, 0.3) is 0 Å². The number of sulfone groups is 1. The lowest BCUT2D eigenvalue weighted by Crippen LogP contribution is -2.16. The summed E-state index contributed by atoms with van der Waals surface area (Å²) in [6, 6.07) is 5.00. The molecule has 6 nitrogen and oxygen atoms in total. The van der Waals surface area contributed by atoms with E-state index in [0.29, 0.717) is 17.7 Å². The predicted molar refractivity (Wildman–Crippen MR) is 95.3 cm³/mol. The number of Topliss-reactive ketones (excluding diaryl/α,β-unsaturated/α-hetero) is 1. The number of halogens is 1. The van der Waals surface area contributed by atoms with Gasteiger partial charge in [-0.25, -0.2) is 13.4 Å². The van der Waals surface area contributed by atoms with Crippen LogP contribution in [-0.4, -0.2) is 41.9 Å². The molecule has 25 heavy (non-hydrogen) atoms. The van der Waals surface area contributed by atoms with Crippen molar-refractivity contribution in [2.24, 2.45) is 0 Å². The Hall–Kier alpha value is -1.86. The first kappa shape index (κ1) is 17.9. The molecule has 0 amide bonds. The van der Waals surface area contributed by atoms with Crippen molar-refractivity contribution in [3.05, 3.63) is 46.5 Å². The molecule has 0 N–H and O–H groups in total. The lowest BCUT2D eigenvalue weighted by Gasteiger charge is -2.16. The summed E-state index contributed by atoms with van der Waals surface area (Å²) in [5.74, 6) is 0.493. The number of aryl methyl sites for hydroxylation is 1. The second kappa shape index (κ2) is 6.80. The van der Waals surface area contributed by atoms with Gasteiger partial charge in [-0.1, -0.05) is 11.6 Å². The molecule has 3 rings (SSSR count). The van der Waals surface area contributed by atoms with E-state index in [2.05, 4.69) is 4.98 Å². The van der Waals surface area contributed by atoms with Crippen molar-refractivity contribution in [2.45, 2.75) is 26.3 Å². The first-order chi connectivity index (χ1) is 11.8. The molecule has 2 aromatic heterocycles. The molecule has 0 saturated carbocycles. The second-order valence-electron chi connectivity index (χ2n) is 6.22. The van der Waals surface area contributed by atoms with E-state index in [-0.39, 0.29) is 35.1 Å². The van der Waals surface area contributed by atoms with Crippen molar-refractivity contribution < 1.29 is 17.9 Å². The molecule has 0 bridgehead atoms. The maximum Gasteiger partial charge on any atom is 0.202 e. The summed E-state index contributed by atoms with van der Waals surface area (Å²) in [4.78, 5) is 16.4. The summed E-state index contributed by atoms with van der Waals surface area (Å²) in [6.07, 6.45) is 2.12. The van der Waals surface area contributed by atoms with Crippen LogP contribution in [-0.2, 0) is 9.84 Å². The maximum absolute atomic E-state index is 12.5. The van der Waals surface area contributed by atoms with E-state index in [1.165, 1.54) is 0 Å². The standard InChI is InChI=1S/C17H19ClN2O4S/c1-11-8-14(12(2)20(11)13-5-7-25(22,23)10-13)15(21)9-24-16-4-3-6-19-17(16)18/h3-4,6,8,13H,5,7,9-10H2,1-2H3. The average molecular weight is 383 g/mol. The Labute approximate surface area is 151 Å². The molecule has 0 aliphatic carbocycles. The molecule has 0 spiro atoms. The molecule has 3 heterocycles. The van der Waals surface area contributed by atoms with Crippen LogP contribution in [0.4, 0.5) is 0 Å². The summed E-state index contributed by atoms with van der Waals surface area (Å²) in [5.41, 5.74) is 2.19. The molecule has 2 aromatic rings. The Bertz CT molecular complexity index is 921. The van der Waals surface area contributed by atoms with Crippen LogP contribution < -0.4 is 4.74 Å². The summed E-state index contributed by atoms with van der Waals surface area (Å²) in [7, 11) is -2.99. The van der Waals surface area contributed by atoms with Gasteiger partial charge < -0.3 is 9.30 Å². The van der Waals surface area contributed by atoms with E-state index in [1.807, 2.05) is 18.4 Å². The quantitative estimate of drug-likeness (QED) is 0.587. The van der Waals surface area contributed by atoms with Crippen molar-refractivity contribution in [2.75, 3.05) is 18.1 Å². The van der Waals surface area contributed by atoms with Gasteiger partial charge in [0.1, 0.15) is 0 Å².